The summed E-state index contributed by atoms with van der Waals surface area (Å²) in [7, 11) is 0. The second-order valence-electron chi connectivity index (χ2n) is 7.76. The Morgan fingerprint density at radius 2 is 2.16 bits per heavy atom. The zero-order valence-corrected chi connectivity index (χ0v) is 17.1. The monoisotopic (exact) mass is 424 g/mol. The summed E-state index contributed by atoms with van der Waals surface area (Å²) >= 11 is 0. The van der Waals surface area contributed by atoms with Crippen LogP contribution in [0.5, 0.6) is 0 Å². The van der Waals surface area contributed by atoms with Crippen molar-refractivity contribution in [1.29, 1.82) is 0 Å². The molecule has 1 aliphatic rings. The van der Waals surface area contributed by atoms with Crippen LogP contribution in [0.3, 0.4) is 0 Å². The van der Waals surface area contributed by atoms with Crippen molar-refractivity contribution in [1.82, 2.24) is 30.0 Å². The summed E-state index contributed by atoms with van der Waals surface area (Å²) in [5, 5.41) is 9.76. The number of aromatic nitrogens is 4. The van der Waals surface area contributed by atoms with Gasteiger partial charge in [0.1, 0.15) is 11.5 Å². The highest BCUT2D eigenvalue weighted by Crippen LogP contribution is 2.24. The van der Waals surface area contributed by atoms with Crippen LogP contribution in [0, 0.1) is 11.7 Å². The van der Waals surface area contributed by atoms with Gasteiger partial charge in [0.25, 0.3) is 5.91 Å². The van der Waals surface area contributed by atoms with E-state index in [1.54, 1.807) is 41.7 Å². The van der Waals surface area contributed by atoms with E-state index in [0.717, 1.165) is 12.8 Å². The van der Waals surface area contributed by atoms with Gasteiger partial charge < -0.3 is 14.8 Å². The van der Waals surface area contributed by atoms with E-state index in [2.05, 4.69) is 20.5 Å². The number of imidazole rings is 1. The maximum atomic E-state index is 14.0. The molecule has 0 spiro atoms. The van der Waals surface area contributed by atoms with Crippen molar-refractivity contribution in [2.75, 3.05) is 19.6 Å². The van der Waals surface area contributed by atoms with Crippen molar-refractivity contribution in [3.63, 3.8) is 0 Å². The number of hydrogen-bond donors (Lipinski definition) is 2. The third kappa shape index (κ3) is 5.17. The predicted molar refractivity (Wildman–Crippen MR) is 112 cm³/mol. The number of hydrogen-bond acceptors (Lipinski definition) is 4. The van der Waals surface area contributed by atoms with E-state index in [1.807, 2.05) is 10.8 Å². The Morgan fingerprint density at radius 1 is 1.29 bits per heavy atom. The summed E-state index contributed by atoms with van der Waals surface area (Å²) in [6, 6.07) is 7.90. The number of aromatic amines is 1. The van der Waals surface area contributed by atoms with Gasteiger partial charge in [-0.1, -0.05) is 12.1 Å². The van der Waals surface area contributed by atoms with Crippen molar-refractivity contribution < 1.29 is 14.0 Å². The summed E-state index contributed by atoms with van der Waals surface area (Å²) in [6.45, 7) is 2.36. The molecule has 9 heteroatoms. The number of halogens is 1. The molecule has 0 aliphatic carbocycles. The molecule has 162 valence electrons. The first-order valence-corrected chi connectivity index (χ1v) is 10.4. The molecule has 1 unspecified atom stereocenters. The maximum Gasteiger partial charge on any atom is 0.271 e. The number of rotatable bonds is 7. The number of nitrogens with zero attached hydrogens (tertiary/aromatic N) is 4. The molecule has 2 aromatic heterocycles. The topological polar surface area (TPSA) is 95.9 Å². The van der Waals surface area contributed by atoms with Crippen molar-refractivity contribution in [2.45, 2.75) is 25.8 Å². The van der Waals surface area contributed by atoms with E-state index in [4.69, 9.17) is 0 Å². The zero-order valence-electron chi connectivity index (χ0n) is 17.1. The van der Waals surface area contributed by atoms with Gasteiger partial charge in [0.2, 0.25) is 5.91 Å². The molecule has 2 N–H and O–H groups in total. The van der Waals surface area contributed by atoms with Crippen LogP contribution in [0.1, 0.15) is 29.8 Å². The van der Waals surface area contributed by atoms with Crippen molar-refractivity contribution in [3.05, 3.63) is 60.6 Å². The summed E-state index contributed by atoms with van der Waals surface area (Å²) in [6.07, 6.45) is 7.40. The van der Waals surface area contributed by atoms with Gasteiger partial charge in [-0.15, -0.1) is 0 Å². The molecule has 2 amide bonds. The Balaban J connectivity index is 1.30. The lowest BCUT2D eigenvalue weighted by Gasteiger charge is -2.32. The molecule has 1 fully saturated rings. The molecule has 1 saturated heterocycles. The van der Waals surface area contributed by atoms with E-state index in [9.17, 15) is 14.0 Å². The minimum absolute atomic E-state index is 0.0113. The van der Waals surface area contributed by atoms with Gasteiger partial charge in [0.15, 0.2) is 0 Å². The van der Waals surface area contributed by atoms with E-state index in [1.165, 1.54) is 6.07 Å². The van der Waals surface area contributed by atoms with Crippen LogP contribution in [0.4, 0.5) is 4.39 Å². The molecule has 4 rings (SSSR count). The maximum absolute atomic E-state index is 14.0. The Labute approximate surface area is 179 Å². The second-order valence-corrected chi connectivity index (χ2v) is 7.76. The van der Waals surface area contributed by atoms with Crippen LogP contribution in [0.2, 0.25) is 0 Å². The Kier molecular flexibility index (Phi) is 6.40. The minimum Gasteiger partial charge on any atom is -0.354 e. The number of benzene rings is 1. The molecule has 1 aromatic carbocycles. The number of amides is 2. The first-order valence-electron chi connectivity index (χ1n) is 10.4. The van der Waals surface area contributed by atoms with Crippen molar-refractivity contribution in [2.24, 2.45) is 5.92 Å². The normalized spacial score (nSPS) is 16.3. The molecule has 8 nitrogen and oxygen atoms in total. The van der Waals surface area contributed by atoms with Gasteiger partial charge in [0.05, 0.1) is 12.0 Å². The third-order valence-corrected chi connectivity index (χ3v) is 5.49. The Bertz CT molecular complexity index is 1030. The summed E-state index contributed by atoms with van der Waals surface area (Å²) in [5.74, 6) is -0.465. The fraction of sp³-hybridized carbons (Fsp3) is 0.364. The van der Waals surface area contributed by atoms with Gasteiger partial charge in [-0.05, 0) is 37.0 Å². The highest BCUT2D eigenvalue weighted by Gasteiger charge is 2.27. The van der Waals surface area contributed by atoms with Gasteiger partial charge >= 0.3 is 0 Å². The largest absolute Gasteiger partial charge is 0.354 e. The average Bonchev–Trinajstić information content (AvgIpc) is 3.46. The predicted octanol–water partition coefficient (Wildman–Crippen LogP) is 2.47. The third-order valence-electron chi connectivity index (χ3n) is 5.49. The van der Waals surface area contributed by atoms with Gasteiger partial charge in [0, 0.05) is 50.6 Å². The van der Waals surface area contributed by atoms with Crippen LogP contribution in [-0.4, -0.2) is 56.1 Å². The first-order chi connectivity index (χ1) is 15.1. The molecule has 0 radical (unpaired) electrons. The lowest BCUT2D eigenvalue weighted by molar-refractivity contribution is -0.122. The summed E-state index contributed by atoms with van der Waals surface area (Å²) < 4.78 is 15.9. The van der Waals surface area contributed by atoms with Gasteiger partial charge in [-0.2, -0.15) is 5.10 Å². The molecule has 3 heterocycles. The smallest absolute Gasteiger partial charge is 0.271 e. The summed E-state index contributed by atoms with van der Waals surface area (Å²) in [4.78, 5) is 30.9. The minimum atomic E-state index is -0.384. The van der Waals surface area contributed by atoms with Crippen LogP contribution in [0.15, 0.2) is 49.1 Å². The van der Waals surface area contributed by atoms with E-state index in [0.29, 0.717) is 49.6 Å². The lowest BCUT2D eigenvalue weighted by atomic mass is 9.94. The van der Waals surface area contributed by atoms with E-state index >= 15 is 0 Å². The first kappa shape index (κ1) is 20.8. The van der Waals surface area contributed by atoms with E-state index < -0.39 is 0 Å². The van der Waals surface area contributed by atoms with Crippen molar-refractivity contribution in [3.8, 4) is 11.3 Å². The Morgan fingerprint density at radius 3 is 2.97 bits per heavy atom. The van der Waals surface area contributed by atoms with Gasteiger partial charge in [-0.25, -0.2) is 9.37 Å². The molecular weight excluding hydrogens is 399 g/mol. The molecular formula is C22H25FN6O2. The molecule has 31 heavy (non-hydrogen) atoms. The molecule has 0 bridgehead atoms. The van der Waals surface area contributed by atoms with Crippen LogP contribution < -0.4 is 5.32 Å². The van der Waals surface area contributed by atoms with Crippen LogP contribution in [-0.2, 0) is 11.3 Å². The fourth-order valence-electron chi connectivity index (χ4n) is 3.90. The number of likely N-dealkylation sites (tertiary alicyclic amines) is 1. The Hall–Kier alpha value is -3.49. The number of carbonyl (C=O) groups excluding carboxylic acids is 2. The second kappa shape index (κ2) is 9.55. The molecule has 3 aromatic rings. The highest BCUT2D eigenvalue weighted by molar-refractivity contribution is 5.93. The highest BCUT2D eigenvalue weighted by atomic mass is 19.1. The molecule has 1 atom stereocenters. The average molecular weight is 424 g/mol. The molecule has 0 saturated carbocycles. The fourth-order valence-corrected chi connectivity index (χ4v) is 3.90. The SMILES string of the molecule is O=C(CC1CCCN(C(=O)c2cc(-c3ccccc3F)n[nH]2)C1)NCCn1ccnc1. The molecule has 1 aliphatic heterocycles. The number of carbonyl (C=O) groups is 2. The number of H-pyrrole nitrogens is 1. The number of nitrogens with one attached hydrogen (secondary N) is 2. The quantitative estimate of drug-likeness (QED) is 0.609. The standard InChI is InChI=1S/C22H25FN6O2/c23-18-6-2-1-5-17(18)19-13-20(27-26-19)22(31)29-9-3-4-16(14-29)12-21(30)25-8-11-28-10-7-24-15-28/h1-2,5-7,10,13,15-16H,3-4,8-9,11-12,14H2,(H,25,30)(H,26,27). The lowest BCUT2D eigenvalue weighted by Crippen LogP contribution is -2.41. The van der Waals surface area contributed by atoms with Crippen LogP contribution in [0.25, 0.3) is 11.3 Å². The summed E-state index contributed by atoms with van der Waals surface area (Å²) in [5.41, 5.74) is 1.07. The zero-order chi connectivity index (χ0) is 21.6. The van der Waals surface area contributed by atoms with E-state index in [-0.39, 0.29) is 23.5 Å². The van der Waals surface area contributed by atoms with Crippen molar-refractivity contribution >= 4 is 11.8 Å². The number of piperidine rings is 1. The van der Waals surface area contributed by atoms with Gasteiger partial charge in [-0.3, -0.25) is 14.7 Å². The van der Waals surface area contributed by atoms with Crippen LogP contribution >= 0.6 is 0 Å².